The molecule has 0 aliphatic carbocycles. The van der Waals surface area contributed by atoms with E-state index in [-0.39, 0.29) is 29.9 Å². The van der Waals surface area contributed by atoms with Gasteiger partial charge in [0, 0.05) is 38.8 Å². The minimum absolute atomic E-state index is 0. The Hall–Kier alpha value is -2.92. The molecule has 17 heteroatoms. The van der Waals surface area contributed by atoms with Crippen LogP contribution in [0.1, 0.15) is 31.5 Å². The zero-order valence-electron chi connectivity index (χ0n) is 25.4. The Morgan fingerprint density at radius 3 is 2.16 bits per heavy atom. The summed E-state index contributed by atoms with van der Waals surface area (Å²) in [5.74, 6) is 0.597. The van der Waals surface area contributed by atoms with Gasteiger partial charge in [-0.3, -0.25) is 4.57 Å². The highest BCUT2D eigenvalue weighted by molar-refractivity contribution is 7.88. The fraction of sp³-hybridized carbons (Fsp3) is 0.630. The first-order valence-electron chi connectivity index (χ1n) is 14.4. The van der Waals surface area contributed by atoms with Crippen molar-refractivity contribution in [1.82, 2.24) is 33.7 Å². The van der Waals surface area contributed by atoms with Gasteiger partial charge < -0.3 is 24.2 Å². The summed E-state index contributed by atoms with van der Waals surface area (Å²) >= 11 is 0. The van der Waals surface area contributed by atoms with Gasteiger partial charge in [0.05, 0.1) is 32.1 Å². The molecule has 2 aliphatic heterocycles. The Kier molecular flexibility index (Phi) is 11.2. The van der Waals surface area contributed by atoms with Crippen LogP contribution in [-0.4, -0.2) is 128 Å². The number of morpholine rings is 1. The number of aromatic nitrogens is 5. The molecule has 0 N–H and O–H groups in total. The molecule has 1 aromatic carbocycles. The zero-order valence-corrected chi connectivity index (χ0v) is 27.0. The van der Waals surface area contributed by atoms with E-state index >= 15 is 0 Å². The topological polar surface area (TPSA) is 122 Å². The summed E-state index contributed by atoms with van der Waals surface area (Å²) < 4.78 is 67.8. The smallest absolute Gasteiger partial charge is 0.296 e. The second-order valence-corrected chi connectivity index (χ2v) is 13.0. The molecule has 244 valence electrons. The Labute approximate surface area is 262 Å². The Morgan fingerprint density at radius 2 is 1.59 bits per heavy atom. The molecular formula is C27H40ClF2N9O4S. The molecule has 5 rings (SSSR count). The van der Waals surface area contributed by atoms with E-state index in [1.807, 2.05) is 28.8 Å². The summed E-state index contributed by atoms with van der Waals surface area (Å²) in [5.41, 5.74) is 0.672. The summed E-state index contributed by atoms with van der Waals surface area (Å²) in [6.45, 7) is 4.30. The molecule has 0 atom stereocenters. The van der Waals surface area contributed by atoms with Crippen LogP contribution in [0.15, 0.2) is 18.2 Å². The molecule has 0 unspecified atom stereocenters. The number of piperidine rings is 1. The van der Waals surface area contributed by atoms with Crippen LogP contribution < -0.4 is 14.5 Å². The van der Waals surface area contributed by atoms with Crippen molar-refractivity contribution in [2.24, 2.45) is 0 Å². The number of hydrogen-bond acceptors (Lipinski definition) is 11. The lowest BCUT2D eigenvalue weighted by Crippen LogP contribution is -2.48. The van der Waals surface area contributed by atoms with Gasteiger partial charge in [-0.25, -0.2) is 22.2 Å². The van der Waals surface area contributed by atoms with Gasteiger partial charge in [-0.1, -0.05) is 6.07 Å². The van der Waals surface area contributed by atoms with Crippen molar-refractivity contribution < 1.29 is 26.7 Å². The largest absolute Gasteiger partial charge is 0.494 e. The molecule has 4 heterocycles. The number of methoxy groups -OCH3 is 1. The number of rotatable bonds is 11. The fourth-order valence-electron chi connectivity index (χ4n) is 5.62. The number of halogens is 3. The average Bonchev–Trinajstić information content (AvgIpc) is 3.39. The van der Waals surface area contributed by atoms with Crippen LogP contribution in [-0.2, 0) is 14.8 Å². The first-order chi connectivity index (χ1) is 20.6. The maximum absolute atomic E-state index is 14.4. The molecular weight excluding hydrogens is 620 g/mol. The van der Waals surface area contributed by atoms with Crippen LogP contribution in [0.5, 0.6) is 5.75 Å². The highest BCUT2D eigenvalue weighted by Gasteiger charge is 2.32. The lowest BCUT2D eigenvalue weighted by Gasteiger charge is -2.37. The standard InChI is InChI=1S/C27H39F2N9O4S.ClH/c1-34(2)11-6-12-37(43(4,39)40)19-9-13-35(14-10-19)25-31-26(36-15-17-42-18-16-36)33-27(32-25)38-20-7-5-8-21(41-3)22(20)30-24(38)23(28)29;/h5,7-8,19,23H,6,9-18H2,1-4H3;1H. The van der Waals surface area contributed by atoms with Crippen LogP contribution in [0.2, 0.25) is 0 Å². The van der Waals surface area contributed by atoms with Crippen molar-refractivity contribution in [2.45, 2.75) is 31.7 Å². The maximum Gasteiger partial charge on any atom is 0.296 e. The highest BCUT2D eigenvalue weighted by Crippen LogP contribution is 2.33. The molecule has 2 fully saturated rings. The first kappa shape index (κ1) is 34.0. The molecule has 0 saturated carbocycles. The van der Waals surface area contributed by atoms with Crippen LogP contribution in [0.25, 0.3) is 17.0 Å². The monoisotopic (exact) mass is 659 g/mol. The van der Waals surface area contributed by atoms with Crippen molar-refractivity contribution in [2.75, 3.05) is 89.7 Å². The average molecular weight is 660 g/mol. The van der Waals surface area contributed by atoms with Crippen LogP contribution in [0.3, 0.4) is 0 Å². The third-order valence-corrected chi connectivity index (χ3v) is 9.08. The molecule has 0 bridgehead atoms. The van der Waals surface area contributed by atoms with Crippen molar-refractivity contribution >= 4 is 45.4 Å². The van der Waals surface area contributed by atoms with Crippen molar-refractivity contribution in [3.8, 4) is 11.7 Å². The molecule has 13 nitrogen and oxygen atoms in total. The summed E-state index contributed by atoms with van der Waals surface area (Å²) in [7, 11) is 1.99. The Morgan fingerprint density at radius 1 is 0.977 bits per heavy atom. The maximum atomic E-state index is 14.4. The molecule has 2 aromatic heterocycles. The molecule has 0 spiro atoms. The molecule has 2 aliphatic rings. The predicted molar refractivity (Wildman–Crippen MR) is 166 cm³/mol. The number of hydrogen-bond donors (Lipinski definition) is 0. The van der Waals surface area contributed by atoms with Gasteiger partial charge in [-0.15, -0.1) is 12.4 Å². The minimum Gasteiger partial charge on any atom is -0.494 e. The van der Waals surface area contributed by atoms with E-state index in [4.69, 9.17) is 14.5 Å². The molecule has 2 saturated heterocycles. The van der Waals surface area contributed by atoms with Crippen LogP contribution in [0, 0.1) is 0 Å². The van der Waals surface area contributed by atoms with E-state index in [0.29, 0.717) is 81.9 Å². The molecule has 0 radical (unpaired) electrons. The van der Waals surface area contributed by atoms with Crippen molar-refractivity contribution in [3.63, 3.8) is 0 Å². The Balaban J connectivity index is 0.00000442. The third-order valence-electron chi connectivity index (χ3n) is 7.75. The van der Waals surface area contributed by atoms with Gasteiger partial charge in [0.1, 0.15) is 11.3 Å². The molecule has 44 heavy (non-hydrogen) atoms. The van der Waals surface area contributed by atoms with Crippen molar-refractivity contribution in [1.29, 1.82) is 0 Å². The van der Waals surface area contributed by atoms with E-state index < -0.39 is 22.3 Å². The van der Waals surface area contributed by atoms with E-state index in [1.54, 1.807) is 22.5 Å². The predicted octanol–water partition coefficient (Wildman–Crippen LogP) is 2.60. The number of sulfonamides is 1. The van der Waals surface area contributed by atoms with Crippen LogP contribution in [0.4, 0.5) is 20.7 Å². The number of nitrogens with zero attached hydrogens (tertiary/aromatic N) is 9. The van der Waals surface area contributed by atoms with E-state index in [0.717, 1.165) is 13.0 Å². The summed E-state index contributed by atoms with van der Waals surface area (Å²) in [5, 5.41) is 0. The fourth-order valence-corrected chi connectivity index (χ4v) is 6.83. The van der Waals surface area contributed by atoms with Gasteiger partial charge in [0.25, 0.3) is 6.43 Å². The van der Waals surface area contributed by atoms with Gasteiger partial charge in [-0.05, 0) is 52.0 Å². The lowest BCUT2D eigenvalue weighted by atomic mass is 10.1. The normalized spacial score (nSPS) is 16.8. The number of benzene rings is 1. The summed E-state index contributed by atoms with van der Waals surface area (Å²) in [6.07, 6.45) is 0.255. The van der Waals surface area contributed by atoms with Crippen LogP contribution >= 0.6 is 12.4 Å². The number of para-hydroxylation sites is 1. The lowest BCUT2D eigenvalue weighted by molar-refractivity contribution is 0.122. The summed E-state index contributed by atoms with van der Waals surface area (Å²) in [6, 6.07) is 4.90. The second kappa shape index (κ2) is 14.5. The van der Waals surface area contributed by atoms with E-state index in [1.165, 1.54) is 17.9 Å². The minimum atomic E-state index is -3.40. The first-order valence-corrected chi connectivity index (χ1v) is 16.2. The highest BCUT2D eigenvalue weighted by atomic mass is 35.5. The SMILES string of the molecule is COc1cccc2c1nc(C(F)F)n2-c1nc(N2CCOCC2)nc(N2CCC(N(CCCN(C)C)S(C)(=O)=O)CC2)n1.Cl. The number of ether oxygens (including phenoxy) is 2. The number of alkyl halides is 2. The van der Waals surface area contributed by atoms with Gasteiger partial charge in [0.2, 0.25) is 27.9 Å². The van der Waals surface area contributed by atoms with Gasteiger partial charge in [-0.2, -0.15) is 19.3 Å². The molecule has 3 aromatic rings. The van der Waals surface area contributed by atoms with E-state index in [9.17, 15) is 17.2 Å². The number of fused-ring (bicyclic) bond motifs is 1. The van der Waals surface area contributed by atoms with Crippen molar-refractivity contribution in [3.05, 3.63) is 24.0 Å². The summed E-state index contributed by atoms with van der Waals surface area (Å²) in [4.78, 5) is 24.2. The van der Waals surface area contributed by atoms with E-state index in [2.05, 4.69) is 15.0 Å². The zero-order chi connectivity index (χ0) is 30.7. The van der Waals surface area contributed by atoms with Gasteiger partial charge >= 0.3 is 0 Å². The Bertz CT molecular complexity index is 1510. The van der Waals surface area contributed by atoms with Gasteiger partial charge in [0.15, 0.2) is 5.82 Å². The number of imidazole rings is 1. The number of anilines is 2. The second-order valence-electron chi connectivity index (χ2n) is 11.0. The molecule has 0 amide bonds. The quantitative estimate of drug-likeness (QED) is 0.302. The third kappa shape index (κ3) is 7.47.